The summed E-state index contributed by atoms with van der Waals surface area (Å²) >= 11 is 0. The Morgan fingerprint density at radius 1 is 1.07 bits per heavy atom. The molecule has 3 aliphatic rings. The van der Waals surface area contributed by atoms with Gasteiger partial charge < -0.3 is 25.0 Å². The molecule has 0 bridgehead atoms. The molecule has 2 N–H and O–H groups in total. The molecule has 0 aromatic heterocycles. The predicted molar refractivity (Wildman–Crippen MR) is 113 cm³/mol. The van der Waals surface area contributed by atoms with Crippen LogP contribution in [0.15, 0.2) is 24.3 Å². The summed E-state index contributed by atoms with van der Waals surface area (Å²) in [6.45, 7) is 5.31. The minimum atomic E-state index is -0.182. The molecular weight excluding hydrogens is 382 g/mol. The van der Waals surface area contributed by atoms with Crippen molar-refractivity contribution < 1.29 is 19.4 Å². The largest absolute Gasteiger partial charge is 0.392 e. The molecule has 1 aromatic carbocycles. The molecule has 0 radical (unpaired) electrons. The summed E-state index contributed by atoms with van der Waals surface area (Å²) in [4.78, 5) is 29.2. The Morgan fingerprint density at radius 3 is 2.43 bits per heavy atom. The summed E-state index contributed by atoms with van der Waals surface area (Å²) in [7, 11) is 0. The maximum Gasteiger partial charge on any atom is 0.251 e. The molecule has 2 heterocycles. The zero-order valence-electron chi connectivity index (χ0n) is 17.6. The minimum Gasteiger partial charge on any atom is -0.392 e. The second-order valence-electron chi connectivity index (χ2n) is 8.98. The van der Waals surface area contributed by atoms with Gasteiger partial charge in [-0.15, -0.1) is 0 Å². The number of morpholine rings is 1. The summed E-state index contributed by atoms with van der Waals surface area (Å²) in [5, 5.41) is 12.0. The molecule has 164 valence electrons. The molecule has 7 heteroatoms. The number of aliphatic hydroxyl groups excluding tert-OH is 1. The van der Waals surface area contributed by atoms with Crippen LogP contribution in [0.4, 0.5) is 0 Å². The quantitative estimate of drug-likeness (QED) is 0.668. The Bertz CT molecular complexity index is 726. The first-order valence-electron chi connectivity index (χ1n) is 11.2. The number of carbonyl (C=O) groups excluding carboxylic acids is 2. The van der Waals surface area contributed by atoms with Crippen molar-refractivity contribution in [2.75, 3.05) is 45.9 Å². The zero-order valence-corrected chi connectivity index (χ0v) is 17.6. The molecule has 7 nitrogen and oxygen atoms in total. The highest BCUT2D eigenvalue weighted by atomic mass is 16.5. The fraction of sp³-hybridized carbons (Fsp3) is 0.652. The van der Waals surface area contributed by atoms with Crippen LogP contribution in [0.25, 0.3) is 0 Å². The summed E-state index contributed by atoms with van der Waals surface area (Å²) in [6.07, 6.45) is 4.92. The molecule has 30 heavy (non-hydrogen) atoms. The van der Waals surface area contributed by atoms with Crippen LogP contribution in [0.1, 0.15) is 41.6 Å². The van der Waals surface area contributed by atoms with Gasteiger partial charge in [-0.1, -0.05) is 12.1 Å². The van der Waals surface area contributed by atoms with E-state index in [1.54, 1.807) is 24.3 Å². The average molecular weight is 416 g/mol. The smallest absolute Gasteiger partial charge is 0.251 e. The fourth-order valence-corrected chi connectivity index (χ4v) is 4.38. The lowest BCUT2D eigenvalue weighted by Gasteiger charge is -2.38. The van der Waals surface area contributed by atoms with E-state index in [0.29, 0.717) is 24.6 Å². The van der Waals surface area contributed by atoms with E-state index in [1.165, 1.54) is 19.4 Å². The number of benzene rings is 1. The second-order valence-corrected chi connectivity index (χ2v) is 8.98. The molecule has 2 saturated heterocycles. The van der Waals surface area contributed by atoms with Crippen LogP contribution >= 0.6 is 0 Å². The van der Waals surface area contributed by atoms with Crippen molar-refractivity contribution in [2.24, 2.45) is 11.8 Å². The Kier molecular flexibility index (Phi) is 7.02. The van der Waals surface area contributed by atoms with E-state index in [1.807, 2.05) is 4.90 Å². The molecule has 2 amide bonds. The van der Waals surface area contributed by atoms with E-state index < -0.39 is 0 Å². The number of aliphatic hydroxyl groups is 1. The Balaban J connectivity index is 1.21. The predicted octanol–water partition coefficient (Wildman–Crippen LogP) is 1.26. The van der Waals surface area contributed by atoms with Crippen LogP contribution < -0.4 is 5.32 Å². The number of nitrogens with zero attached hydrogens (tertiary/aromatic N) is 2. The Morgan fingerprint density at radius 2 is 1.77 bits per heavy atom. The van der Waals surface area contributed by atoms with Crippen LogP contribution in [-0.4, -0.2) is 78.7 Å². The van der Waals surface area contributed by atoms with Crippen LogP contribution in [0, 0.1) is 11.8 Å². The standard InChI is InChI=1S/C23H33N3O4/c27-15-19-3-5-20(6-4-19)23(29)24-11-21-14-26(22(28)16-30-21)13-18-7-9-25(10-8-18)12-17-1-2-17/h3-6,17-18,21,27H,1-2,7-16H2,(H,24,29)/t21-/m0/s1. The SMILES string of the molecule is O=C(NC[C@H]1CN(CC2CCN(CC3CC3)CC2)C(=O)CO1)c1ccc(CO)cc1. The maximum absolute atomic E-state index is 12.3. The molecular formula is C23H33N3O4. The summed E-state index contributed by atoms with van der Waals surface area (Å²) < 4.78 is 5.65. The number of piperidine rings is 1. The first-order chi connectivity index (χ1) is 14.6. The van der Waals surface area contributed by atoms with Gasteiger partial charge in [-0.3, -0.25) is 9.59 Å². The molecule has 4 rings (SSSR count). The number of hydrogen-bond acceptors (Lipinski definition) is 5. The van der Waals surface area contributed by atoms with Crippen LogP contribution in [0.2, 0.25) is 0 Å². The van der Waals surface area contributed by atoms with Gasteiger partial charge in [0.25, 0.3) is 5.91 Å². The highest BCUT2D eigenvalue weighted by Gasteiger charge is 2.31. The Hall–Kier alpha value is -1.96. The molecule has 1 aliphatic carbocycles. The van der Waals surface area contributed by atoms with Gasteiger partial charge >= 0.3 is 0 Å². The normalized spacial score (nSPS) is 23.6. The van der Waals surface area contributed by atoms with Crippen molar-refractivity contribution in [3.63, 3.8) is 0 Å². The highest BCUT2D eigenvalue weighted by molar-refractivity contribution is 5.94. The van der Waals surface area contributed by atoms with Crippen molar-refractivity contribution in [3.05, 3.63) is 35.4 Å². The number of ether oxygens (including phenoxy) is 1. The summed E-state index contributed by atoms with van der Waals surface area (Å²) in [5.41, 5.74) is 1.32. The molecule has 2 aliphatic heterocycles. The van der Waals surface area contributed by atoms with Crippen molar-refractivity contribution in [3.8, 4) is 0 Å². The van der Waals surface area contributed by atoms with E-state index in [2.05, 4.69) is 10.2 Å². The summed E-state index contributed by atoms with van der Waals surface area (Å²) in [5.74, 6) is 1.38. The third-order valence-electron chi connectivity index (χ3n) is 6.51. The number of hydrogen-bond donors (Lipinski definition) is 2. The number of amides is 2. The molecule has 0 unspecified atom stereocenters. The average Bonchev–Trinajstić information content (AvgIpc) is 3.59. The van der Waals surface area contributed by atoms with Gasteiger partial charge in [0.2, 0.25) is 5.91 Å². The van der Waals surface area contributed by atoms with E-state index >= 15 is 0 Å². The van der Waals surface area contributed by atoms with Gasteiger partial charge in [-0.2, -0.15) is 0 Å². The minimum absolute atomic E-state index is 0.0405. The van der Waals surface area contributed by atoms with Gasteiger partial charge in [0.1, 0.15) is 6.61 Å². The number of nitrogens with one attached hydrogen (secondary N) is 1. The lowest BCUT2D eigenvalue weighted by molar-refractivity contribution is -0.149. The highest BCUT2D eigenvalue weighted by Crippen LogP contribution is 2.31. The number of carbonyl (C=O) groups is 2. The van der Waals surface area contributed by atoms with Crippen molar-refractivity contribution in [1.29, 1.82) is 0 Å². The fourth-order valence-electron chi connectivity index (χ4n) is 4.38. The van der Waals surface area contributed by atoms with Crippen molar-refractivity contribution >= 4 is 11.8 Å². The zero-order chi connectivity index (χ0) is 20.9. The van der Waals surface area contributed by atoms with Gasteiger partial charge in [0.05, 0.1) is 12.7 Å². The molecule has 1 atom stereocenters. The van der Waals surface area contributed by atoms with E-state index in [-0.39, 0.29) is 31.1 Å². The molecule has 3 fully saturated rings. The van der Waals surface area contributed by atoms with Crippen LogP contribution in [-0.2, 0) is 16.1 Å². The van der Waals surface area contributed by atoms with E-state index in [0.717, 1.165) is 44.0 Å². The van der Waals surface area contributed by atoms with E-state index in [4.69, 9.17) is 9.84 Å². The molecule has 1 saturated carbocycles. The topological polar surface area (TPSA) is 82.1 Å². The number of likely N-dealkylation sites (tertiary alicyclic amines) is 1. The van der Waals surface area contributed by atoms with Crippen LogP contribution in [0.5, 0.6) is 0 Å². The first kappa shape index (κ1) is 21.3. The number of rotatable bonds is 8. The molecule has 1 aromatic rings. The van der Waals surface area contributed by atoms with Gasteiger partial charge in [-0.05, 0) is 68.3 Å². The van der Waals surface area contributed by atoms with Gasteiger partial charge in [-0.25, -0.2) is 0 Å². The van der Waals surface area contributed by atoms with Crippen molar-refractivity contribution in [1.82, 2.24) is 15.1 Å². The lowest BCUT2D eigenvalue weighted by atomic mass is 9.95. The maximum atomic E-state index is 12.3. The monoisotopic (exact) mass is 415 g/mol. The summed E-state index contributed by atoms with van der Waals surface area (Å²) in [6, 6.07) is 6.88. The first-order valence-corrected chi connectivity index (χ1v) is 11.2. The third kappa shape index (κ3) is 5.80. The Labute approximate surface area is 178 Å². The van der Waals surface area contributed by atoms with Gasteiger partial charge in [0.15, 0.2) is 0 Å². The third-order valence-corrected chi connectivity index (χ3v) is 6.51. The van der Waals surface area contributed by atoms with Crippen molar-refractivity contribution in [2.45, 2.75) is 38.4 Å². The van der Waals surface area contributed by atoms with Gasteiger partial charge in [0, 0.05) is 31.7 Å². The van der Waals surface area contributed by atoms with Crippen LogP contribution in [0.3, 0.4) is 0 Å². The van der Waals surface area contributed by atoms with E-state index in [9.17, 15) is 9.59 Å². The lowest BCUT2D eigenvalue weighted by Crippen LogP contribution is -2.52. The second kappa shape index (κ2) is 9.90. The molecule has 0 spiro atoms.